The van der Waals surface area contributed by atoms with Crippen molar-refractivity contribution in [2.45, 2.75) is 13.5 Å². The zero-order chi connectivity index (χ0) is 15.1. The van der Waals surface area contributed by atoms with Crippen molar-refractivity contribution in [3.63, 3.8) is 0 Å². The van der Waals surface area contributed by atoms with Crippen LogP contribution in [0.1, 0.15) is 12.5 Å². The average molecular weight is 322 g/mol. The van der Waals surface area contributed by atoms with Crippen molar-refractivity contribution in [3.05, 3.63) is 35.4 Å². The number of carbonyl (C=O) groups is 2. The van der Waals surface area contributed by atoms with Crippen molar-refractivity contribution in [1.82, 2.24) is 10.2 Å². The lowest BCUT2D eigenvalue weighted by atomic mass is 10.2. The molecule has 0 saturated heterocycles. The monoisotopic (exact) mass is 321 g/mol. The maximum Gasteiger partial charge on any atom is 0.242 e. The van der Waals surface area contributed by atoms with Crippen LogP contribution in [0.25, 0.3) is 0 Å². The van der Waals surface area contributed by atoms with E-state index in [-0.39, 0.29) is 44.1 Å². The first-order valence-electron chi connectivity index (χ1n) is 6.17. The molecule has 1 aromatic carbocycles. The van der Waals surface area contributed by atoms with E-state index in [1.54, 1.807) is 6.92 Å². The molecule has 1 rings (SSSR count). The van der Waals surface area contributed by atoms with Gasteiger partial charge in [-0.2, -0.15) is 0 Å². The van der Waals surface area contributed by atoms with Gasteiger partial charge in [0.25, 0.3) is 0 Å². The predicted molar refractivity (Wildman–Crippen MR) is 76.8 cm³/mol. The highest BCUT2D eigenvalue weighted by Gasteiger charge is 2.17. The van der Waals surface area contributed by atoms with E-state index in [2.05, 4.69) is 5.32 Å². The number of likely N-dealkylation sites (N-methyl/N-ethyl adjacent to an activating group) is 1. The summed E-state index contributed by atoms with van der Waals surface area (Å²) < 4.78 is 27.0. The molecule has 8 heteroatoms. The summed E-state index contributed by atoms with van der Waals surface area (Å²) in [4.78, 5) is 24.1. The number of carbonyl (C=O) groups excluding carboxylic acids is 2. The van der Waals surface area contributed by atoms with Crippen LogP contribution in [0.3, 0.4) is 0 Å². The molecule has 2 amide bonds. The summed E-state index contributed by atoms with van der Waals surface area (Å²) in [5.41, 5.74) is 4.92. The summed E-state index contributed by atoms with van der Waals surface area (Å²) in [6, 6.07) is 3.52. The van der Waals surface area contributed by atoms with E-state index in [1.165, 1.54) is 11.0 Å². The molecular weight excluding hydrogens is 304 g/mol. The van der Waals surface area contributed by atoms with Gasteiger partial charge in [0.15, 0.2) is 0 Å². The summed E-state index contributed by atoms with van der Waals surface area (Å²) in [6.07, 6.45) is 0. The topological polar surface area (TPSA) is 75.4 Å². The molecule has 118 valence electrons. The molecule has 3 N–H and O–H groups in total. The zero-order valence-corrected chi connectivity index (χ0v) is 12.4. The van der Waals surface area contributed by atoms with Gasteiger partial charge in [-0.1, -0.05) is 6.07 Å². The number of benzene rings is 1. The van der Waals surface area contributed by atoms with Gasteiger partial charge in [0.2, 0.25) is 11.8 Å². The minimum atomic E-state index is -0.706. The molecule has 0 aliphatic rings. The summed E-state index contributed by atoms with van der Waals surface area (Å²) in [5.74, 6) is -2.31. The molecule has 0 aliphatic heterocycles. The minimum absolute atomic E-state index is 0. The lowest BCUT2D eigenvalue weighted by Gasteiger charge is -2.21. The SMILES string of the molecule is CCN(Cc1c(F)cccc1F)C(=O)CNC(=O)CN.Cl. The number of amides is 2. The first-order chi connectivity index (χ1) is 9.49. The second-order valence-electron chi connectivity index (χ2n) is 4.09. The number of hydrogen-bond acceptors (Lipinski definition) is 3. The summed E-state index contributed by atoms with van der Waals surface area (Å²) in [6.45, 7) is 1.29. The molecule has 0 saturated carbocycles. The molecule has 0 aliphatic carbocycles. The van der Waals surface area contributed by atoms with Gasteiger partial charge < -0.3 is 16.0 Å². The zero-order valence-electron chi connectivity index (χ0n) is 11.6. The second kappa shape index (κ2) is 9.25. The van der Waals surface area contributed by atoms with Crippen LogP contribution in [0.5, 0.6) is 0 Å². The molecule has 0 heterocycles. The van der Waals surface area contributed by atoms with E-state index in [1.807, 2.05) is 0 Å². The number of rotatable bonds is 6. The van der Waals surface area contributed by atoms with Gasteiger partial charge in [0.05, 0.1) is 19.6 Å². The van der Waals surface area contributed by atoms with E-state index >= 15 is 0 Å². The smallest absolute Gasteiger partial charge is 0.242 e. The average Bonchev–Trinajstić information content (AvgIpc) is 2.44. The predicted octanol–water partition coefficient (Wildman–Crippen LogP) is 0.810. The Bertz CT molecular complexity index is 480. The van der Waals surface area contributed by atoms with Crippen LogP contribution in [-0.2, 0) is 16.1 Å². The second-order valence-corrected chi connectivity index (χ2v) is 4.09. The van der Waals surface area contributed by atoms with E-state index in [0.29, 0.717) is 0 Å². The van der Waals surface area contributed by atoms with Crippen molar-refractivity contribution in [3.8, 4) is 0 Å². The van der Waals surface area contributed by atoms with E-state index < -0.39 is 23.4 Å². The Labute approximate surface area is 127 Å². The van der Waals surface area contributed by atoms with Gasteiger partial charge in [-0.05, 0) is 19.1 Å². The van der Waals surface area contributed by atoms with Crippen LogP contribution in [0.4, 0.5) is 8.78 Å². The molecule has 0 atom stereocenters. The number of nitrogens with zero attached hydrogens (tertiary/aromatic N) is 1. The number of hydrogen-bond donors (Lipinski definition) is 2. The first-order valence-corrected chi connectivity index (χ1v) is 6.17. The molecule has 0 aromatic heterocycles. The lowest BCUT2D eigenvalue weighted by molar-refractivity contribution is -0.133. The van der Waals surface area contributed by atoms with Gasteiger partial charge in [0, 0.05) is 12.1 Å². The Kier molecular flexibility index (Phi) is 8.49. The fraction of sp³-hybridized carbons (Fsp3) is 0.385. The number of nitrogens with one attached hydrogen (secondary N) is 1. The van der Waals surface area contributed by atoms with Crippen LogP contribution < -0.4 is 11.1 Å². The fourth-order valence-electron chi connectivity index (χ4n) is 1.61. The minimum Gasteiger partial charge on any atom is -0.346 e. The molecule has 21 heavy (non-hydrogen) atoms. The molecular formula is C13H18ClF2N3O2. The first kappa shape index (κ1) is 19.3. The quantitative estimate of drug-likeness (QED) is 0.814. The molecule has 1 aromatic rings. The fourth-order valence-corrected chi connectivity index (χ4v) is 1.61. The Morgan fingerprint density at radius 1 is 1.29 bits per heavy atom. The third-order valence-electron chi connectivity index (χ3n) is 2.77. The van der Waals surface area contributed by atoms with Crippen molar-refractivity contribution in [2.75, 3.05) is 19.6 Å². The molecule has 0 fully saturated rings. The van der Waals surface area contributed by atoms with E-state index in [0.717, 1.165) is 12.1 Å². The highest BCUT2D eigenvalue weighted by atomic mass is 35.5. The molecule has 0 unspecified atom stereocenters. The van der Waals surface area contributed by atoms with Crippen LogP contribution in [0, 0.1) is 11.6 Å². The molecule has 0 radical (unpaired) electrons. The van der Waals surface area contributed by atoms with Crippen molar-refractivity contribution >= 4 is 24.2 Å². The van der Waals surface area contributed by atoms with Gasteiger partial charge >= 0.3 is 0 Å². The lowest BCUT2D eigenvalue weighted by Crippen LogP contribution is -2.41. The highest BCUT2D eigenvalue weighted by molar-refractivity contribution is 5.85. The number of halogens is 3. The van der Waals surface area contributed by atoms with Crippen LogP contribution in [0.15, 0.2) is 18.2 Å². The van der Waals surface area contributed by atoms with E-state index in [9.17, 15) is 18.4 Å². The van der Waals surface area contributed by atoms with Crippen molar-refractivity contribution in [1.29, 1.82) is 0 Å². The van der Waals surface area contributed by atoms with Crippen LogP contribution in [-0.4, -0.2) is 36.3 Å². The molecule has 0 spiro atoms. The van der Waals surface area contributed by atoms with E-state index in [4.69, 9.17) is 5.73 Å². The number of nitrogens with two attached hydrogens (primary N) is 1. The van der Waals surface area contributed by atoms with Crippen LogP contribution >= 0.6 is 12.4 Å². The third-order valence-corrected chi connectivity index (χ3v) is 2.77. The van der Waals surface area contributed by atoms with Crippen molar-refractivity contribution < 1.29 is 18.4 Å². The summed E-state index contributed by atoms with van der Waals surface area (Å²) in [5, 5.41) is 2.32. The molecule has 5 nitrogen and oxygen atoms in total. The normalized spacial score (nSPS) is 9.71. The van der Waals surface area contributed by atoms with Gasteiger partial charge in [0.1, 0.15) is 11.6 Å². The summed E-state index contributed by atoms with van der Waals surface area (Å²) in [7, 11) is 0. The maximum atomic E-state index is 13.5. The molecule has 0 bridgehead atoms. The largest absolute Gasteiger partial charge is 0.346 e. The standard InChI is InChI=1S/C13H17F2N3O2.ClH/c1-2-18(13(20)7-17-12(19)6-16)8-9-10(14)4-3-5-11(9)15;/h3-5H,2,6-8,16H2,1H3,(H,17,19);1H. The van der Waals surface area contributed by atoms with Gasteiger partial charge in [-0.15, -0.1) is 12.4 Å². The highest BCUT2D eigenvalue weighted by Crippen LogP contribution is 2.14. The van der Waals surface area contributed by atoms with Crippen molar-refractivity contribution in [2.24, 2.45) is 5.73 Å². The Hall–Kier alpha value is -1.73. The Morgan fingerprint density at radius 2 is 1.86 bits per heavy atom. The van der Waals surface area contributed by atoms with Crippen LogP contribution in [0.2, 0.25) is 0 Å². The maximum absolute atomic E-state index is 13.5. The third kappa shape index (κ3) is 5.65. The van der Waals surface area contributed by atoms with Gasteiger partial charge in [-0.3, -0.25) is 9.59 Å². The Morgan fingerprint density at radius 3 is 2.33 bits per heavy atom. The van der Waals surface area contributed by atoms with Gasteiger partial charge in [-0.25, -0.2) is 8.78 Å². The Balaban J connectivity index is 0.00000400. The summed E-state index contributed by atoms with van der Waals surface area (Å²) >= 11 is 0.